The van der Waals surface area contributed by atoms with Crippen molar-refractivity contribution in [3.8, 4) is 0 Å². The van der Waals surface area contributed by atoms with Crippen LogP contribution in [0.1, 0.15) is 11.6 Å². The number of nitrogens with zero attached hydrogens (tertiary/aromatic N) is 1. The summed E-state index contributed by atoms with van der Waals surface area (Å²) in [6.45, 7) is 3.43. The molecule has 0 aliphatic carbocycles. The minimum atomic E-state index is -0.279. The van der Waals surface area contributed by atoms with Crippen LogP contribution in [0.25, 0.3) is 0 Å². The first-order chi connectivity index (χ1) is 7.81. The Labute approximate surface area is 95.6 Å². The van der Waals surface area contributed by atoms with Gasteiger partial charge >= 0.3 is 0 Å². The normalized spacial score (nSPS) is 18.5. The second-order valence-electron chi connectivity index (χ2n) is 3.98. The van der Waals surface area contributed by atoms with E-state index in [1.54, 1.807) is 0 Å². The molecule has 1 unspecified atom stereocenters. The Hall–Kier alpha value is -1.10. The number of hydrogen-bond acceptors (Lipinski definition) is 4. The third-order valence-electron chi connectivity index (χ3n) is 2.89. The van der Waals surface area contributed by atoms with Crippen LogP contribution in [0.5, 0.6) is 0 Å². The van der Waals surface area contributed by atoms with E-state index in [1.807, 2.05) is 12.1 Å². The summed E-state index contributed by atoms with van der Waals surface area (Å²) in [5, 5.41) is 8.95. The van der Waals surface area contributed by atoms with Crippen molar-refractivity contribution in [1.29, 1.82) is 0 Å². The molecule has 0 saturated carbocycles. The first kappa shape index (κ1) is 11.4. The molecule has 0 aromatic heterocycles. The fourth-order valence-corrected chi connectivity index (χ4v) is 1.86. The topological polar surface area (TPSA) is 58.7 Å². The number of ether oxygens (including phenoxy) is 1. The summed E-state index contributed by atoms with van der Waals surface area (Å²) < 4.78 is 5.31. The van der Waals surface area contributed by atoms with E-state index >= 15 is 0 Å². The molecule has 3 N–H and O–H groups in total. The highest BCUT2D eigenvalue weighted by atomic mass is 16.5. The molecule has 2 rings (SSSR count). The molecule has 1 aliphatic heterocycles. The molecule has 1 saturated heterocycles. The van der Waals surface area contributed by atoms with Gasteiger partial charge in [0.1, 0.15) is 0 Å². The number of morpholine rings is 1. The van der Waals surface area contributed by atoms with Gasteiger partial charge < -0.3 is 20.5 Å². The molecule has 1 aliphatic rings. The Bertz CT molecular complexity index is 320. The third kappa shape index (κ3) is 2.52. The summed E-state index contributed by atoms with van der Waals surface area (Å²) in [6, 6.07) is 7.78. The van der Waals surface area contributed by atoms with Gasteiger partial charge in [-0.05, 0) is 17.7 Å². The van der Waals surface area contributed by atoms with Gasteiger partial charge in [-0.2, -0.15) is 0 Å². The Balaban J connectivity index is 2.06. The summed E-state index contributed by atoms with van der Waals surface area (Å²) in [5.74, 6) is 0. The van der Waals surface area contributed by atoms with Crippen molar-refractivity contribution >= 4 is 5.69 Å². The number of aliphatic hydroxyl groups is 1. The van der Waals surface area contributed by atoms with Crippen LogP contribution in [0.15, 0.2) is 24.3 Å². The van der Waals surface area contributed by atoms with Crippen molar-refractivity contribution in [2.75, 3.05) is 37.8 Å². The highest BCUT2D eigenvalue weighted by molar-refractivity contribution is 5.48. The lowest BCUT2D eigenvalue weighted by Crippen LogP contribution is -2.36. The molecule has 16 heavy (non-hydrogen) atoms. The molecule has 0 spiro atoms. The summed E-state index contributed by atoms with van der Waals surface area (Å²) in [6.07, 6.45) is 0. The summed E-state index contributed by atoms with van der Waals surface area (Å²) in [5.41, 5.74) is 7.90. The van der Waals surface area contributed by atoms with Gasteiger partial charge in [-0.15, -0.1) is 0 Å². The summed E-state index contributed by atoms with van der Waals surface area (Å²) in [7, 11) is 0. The lowest BCUT2D eigenvalue weighted by atomic mass is 10.1. The van der Waals surface area contributed by atoms with Crippen LogP contribution in [-0.2, 0) is 4.74 Å². The van der Waals surface area contributed by atoms with Gasteiger partial charge in [0, 0.05) is 18.8 Å². The van der Waals surface area contributed by atoms with Crippen LogP contribution in [0.2, 0.25) is 0 Å². The van der Waals surface area contributed by atoms with Crippen LogP contribution in [0.3, 0.4) is 0 Å². The number of hydrogen-bond donors (Lipinski definition) is 2. The smallest absolute Gasteiger partial charge is 0.0642 e. The van der Waals surface area contributed by atoms with E-state index < -0.39 is 0 Å². The highest BCUT2D eigenvalue weighted by Gasteiger charge is 2.11. The SMILES string of the molecule is NC(CO)c1ccc(N2CCOCC2)cc1. The van der Waals surface area contributed by atoms with E-state index in [4.69, 9.17) is 15.6 Å². The molecule has 88 valence electrons. The minimum Gasteiger partial charge on any atom is -0.394 e. The van der Waals surface area contributed by atoms with Gasteiger partial charge in [0.2, 0.25) is 0 Å². The molecule has 1 aromatic rings. The number of rotatable bonds is 3. The number of anilines is 1. The van der Waals surface area contributed by atoms with Crippen molar-refractivity contribution in [2.24, 2.45) is 5.73 Å². The maximum Gasteiger partial charge on any atom is 0.0642 e. The molecule has 0 bridgehead atoms. The highest BCUT2D eigenvalue weighted by Crippen LogP contribution is 2.18. The van der Waals surface area contributed by atoms with E-state index in [0.29, 0.717) is 0 Å². The fraction of sp³-hybridized carbons (Fsp3) is 0.500. The van der Waals surface area contributed by atoms with Gasteiger partial charge in [-0.1, -0.05) is 12.1 Å². The first-order valence-electron chi connectivity index (χ1n) is 5.60. The van der Waals surface area contributed by atoms with Gasteiger partial charge in [-0.25, -0.2) is 0 Å². The molecule has 1 fully saturated rings. The van der Waals surface area contributed by atoms with Crippen LogP contribution in [0.4, 0.5) is 5.69 Å². The van der Waals surface area contributed by atoms with Gasteiger partial charge in [0.25, 0.3) is 0 Å². The van der Waals surface area contributed by atoms with Crippen LogP contribution in [0, 0.1) is 0 Å². The molecule has 1 aromatic carbocycles. The van der Waals surface area contributed by atoms with Crippen molar-refractivity contribution < 1.29 is 9.84 Å². The maximum atomic E-state index is 8.95. The van der Waals surface area contributed by atoms with Crippen LogP contribution >= 0.6 is 0 Å². The second-order valence-corrected chi connectivity index (χ2v) is 3.98. The molecule has 0 radical (unpaired) electrons. The van der Waals surface area contributed by atoms with Crippen molar-refractivity contribution in [2.45, 2.75) is 6.04 Å². The Morgan fingerprint density at radius 2 is 1.88 bits per heavy atom. The molecular weight excluding hydrogens is 204 g/mol. The minimum absolute atomic E-state index is 0.0170. The number of benzene rings is 1. The average molecular weight is 222 g/mol. The van der Waals surface area contributed by atoms with E-state index in [0.717, 1.165) is 31.9 Å². The van der Waals surface area contributed by atoms with E-state index in [9.17, 15) is 0 Å². The van der Waals surface area contributed by atoms with Crippen molar-refractivity contribution in [1.82, 2.24) is 0 Å². The standard InChI is InChI=1S/C12H18N2O2/c13-12(9-15)10-1-3-11(4-2-10)14-5-7-16-8-6-14/h1-4,12,15H,5-9,13H2. The third-order valence-corrected chi connectivity index (χ3v) is 2.89. The zero-order valence-corrected chi connectivity index (χ0v) is 9.30. The van der Waals surface area contributed by atoms with E-state index in [-0.39, 0.29) is 12.6 Å². The second kappa shape index (κ2) is 5.30. The molecule has 1 atom stereocenters. The molecule has 0 amide bonds. The fourth-order valence-electron chi connectivity index (χ4n) is 1.86. The molecular formula is C12H18N2O2. The summed E-state index contributed by atoms with van der Waals surface area (Å²) >= 11 is 0. The predicted molar refractivity (Wildman–Crippen MR) is 63.5 cm³/mol. The quantitative estimate of drug-likeness (QED) is 0.782. The van der Waals surface area contributed by atoms with Crippen molar-refractivity contribution in [3.63, 3.8) is 0 Å². The van der Waals surface area contributed by atoms with Crippen molar-refractivity contribution in [3.05, 3.63) is 29.8 Å². The Morgan fingerprint density at radius 1 is 1.25 bits per heavy atom. The molecule has 4 nitrogen and oxygen atoms in total. The van der Waals surface area contributed by atoms with E-state index in [1.165, 1.54) is 5.69 Å². The zero-order chi connectivity index (χ0) is 11.4. The first-order valence-corrected chi connectivity index (χ1v) is 5.60. The average Bonchev–Trinajstić information content (AvgIpc) is 2.39. The monoisotopic (exact) mass is 222 g/mol. The van der Waals surface area contributed by atoms with Gasteiger partial charge in [-0.3, -0.25) is 0 Å². The Morgan fingerprint density at radius 3 is 2.44 bits per heavy atom. The van der Waals surface area contributed by atoms with Crippen LogP contribution in [-0.4, -0.2) is 38.0 Å². The van der Waals surface area contributed by atoms with Crippen LogP contribution < -0.4 is 10.6 Å². The van der Waals surface area contributed by atoms with Gasteiger partial charge in [0.15, 0.2) is 0 Å². The maximum absolute atomic E-state index is 8.95. The number of aliphatic hydroxyl groups excluding tert-OH is 1. The lowest BCUT2D eigenvalue weighted by molar-refractivity contribution is 0.122. The largest absolute Gasteiger partial charge is 0.394 e. The molecule has 4 heteroatoms. The zero-order valence-electron chi connectivity index (χ0n) is 9.30. The van der Waals surface area contributed by atoms with E-state index in [2.05, 4.69) is 17.0 Å². The van der Waals surface area contributed by atoms with Gasteiger partial charge in [0.05, 0.1) is 25.9 Å². The number of nitrogens with two attached hydrogens (primary N) is 1. The lowest BCUT2D eigenvalue weighted by Gasteiger charge is -2.29. The predicted octanol–water partition coefficient (Wildman–Crippen LogP) is 0.515. The summed E-state index contributed by atoms with van der Waals surface area (Å²) in [4.78, 5) is 2.29. The Kier molecular flexibility index (Phi) is 3.77. The molecule has 1 heterocycles.